The van der Waals surface area contributed by atoms with Crippen LogP contribution < -0.4 is 11.3 Å². The fourth-order valence-electron chi connectivity index (χ4n) is 4.42. The van der Waals surface area contributed by atoms with E-state index >= 15 is 0 Å². The molecule has 1 fully saturated rings. The summed E-state index contributed by atoms with van der Waals surface area (Å²) in [5, 5.41) is 9.98. The van der Waals surface area contributed by atoms with Gasteiger partial charge in [-0.1, -0.05) is 6.07 Å². The largest absolute Gasteiger partial charge is 0.384 e. The maximum atomic E-state index is 13.0. The van der Waals surface area contributed by atoms with Crippen LogP contribution in [0.1, 0.15) is 18.9 Å². The summed E-state index contributed by atoms with van der Waals surface area (Å²) in [6.45, 7) is 1.90. The molecule has 8 nitrogen and oxygen atoms in total. The van der Waals surface area contributed by atoms with Crippen LogP contribution in [-0.2, 0) is 0 Å². The van der Waals surface area contributed by atoms with Gasteiger partial charge in [0.15, 0.2) is 0 Å². The summed E-state index contributed by atoms with van der Waals surface area (Å²) in [7, 11) is 0. The molecule has 0 aliphatic carbocycles. The monoisotopic (exact) mass is 411 g/mol. The minimum absolute atomic E-state index is 0.0208. The van der Waals surface area contributed by atoms with E-state index in [1.807, 2.05) is 28.8 Å². The Labute approximate surface area is 178 Å². The predicted octanol–water partition coefficient (Wildman–Crippen LogP) is 2.75. The van der Waals surface area contributed by atoms with Crippen LogP contribution in [0.15, 0.2) is 53.7 Å². The third kappa shape index (κ3) is 3.49. The zero-order valence-electron chi connectivity index (χ0n) is 16.9. The molecule has 8 heteroatoms. The number of piperidine rings is 1. The summed E-state index contributed by atoms with van der Waals surface area (Å²) >= 11 is 0. The van der Waals surface area contributed by atoms with Gasteiger partial charge in [-0.05, 0) is 49.2 Å². The highest BCUT2D eigenvalue weighted by Gasteiger charge is 2.24. The van der Waals surface area contributed by atoms with Gasteiger partial charge < -0.3 is 10.3 Å². The van der Waals surface area contributed by atoms with Gasteiger partial charge in [-0.2, -0.15) is 5.26 Å². The van der Waals surface area contributed by atoms with Crippen LogP contribution in [0.4, 0.5) is 5.82 Å². The van der Waals surface area contributed by atoms with Crippen molar-refractivity contribution in [3.63, 3.8) is 0 Å². The average Bonchev–Trinajstić information content (AvgIpc) is 2.79. The van der Waals surface area contributed by atoms with Crippen LogP contribution >= 0.6 is 0 Å². The molecular formula is C23H21N7O. The molecule has 0 saturated carbocycles. The molecule has 1 atom stereocenters. The molecule has 0 radical (unpaired) electrons. The number of nitrogen functional groups attached to an aromatic ring is 1. The van der Waals surface area contributed by atoms with Crippen molar-refractivity contribution in [3.8, 4) is 17.2 Å². The number of nitriles is 1. The summed E-state index contributed by atoms with van der Waals surface area (Å²) in [4.78, 5) is 28.2. The van der Waals surface area contributed by atoms with Gasteiger partial charge in [0, 0.05) is 23.7 Å². The van der Waals surface area contributed by atoms with Gasteiger partial charge in [-0.3, -0.25) is 14.7 Å². The number of nitrogens with zero attached hydrogens (tertiary/aromatic N) is 6. The summed E-state index contributed by atoms with van der Waals surface area (Å²) in [5.74, 6) is 0.467. The number of hydrogen-bond acceptors (Lipinski definition) is 7. The molecule has 4 heterocycles. The molecule has 4 aromatic rings. The van der Waals surface area contributed by atoms with E-state index < -0.39 is 0 Å². The summed E-state index contributed by atoms with van der Waals surface area (Å²) in [6.07, 6.45) is 6.64. The smallest absolute Gasteiger partial charge is 0.269 e. The molecule has 0 bridgehead atoms. The van der Waals surface area contributed by atoms with Crippen LogP contribution in [0.5, 0.6) is 0 Å². The SMILES string of the molecule is N#CCN1CCC[C@H](n2c(=O)cnc3cnc4ccc(-c5ccc(N)nc5)cc4c32)C1. The number of aromatic nitrogens is 4. The van der Waals surface area contributed by atoms with E-state index in [0.717, 1.165) is 46.9 Å². The molecule has 3 aromatic heterocycles. The Morgan fingerprint density at radius 1 is 1.06 bits per heavy atom. The first kappa shape index (κ1) is 19.2. The molecule has 154 valence electrons. The highest BCUT2D eigenvalue weighted by atomic mass is 16.1. The molecule has 0 amide bonds. The van der Waals surface area contributed by atoms with E-state index in [2.05, 4.69) is 25.9 Å². The molecule has 1 aliphatic rings. The van der Waals surface area contributed by atoms with Gasteiger partial charge in [0.1, 0.15) is 11.3 Å². The number of pyridine rings is 2. The van der Waals surface area contributed by atoms with E-state index in [0.29, 0.717) is 24.4 Å². The maximum absolute atomic E-state index is 13.0. The Morgan fingerprint density at radius 2 is 1.90 bits per heavy atom. The molecular weight excluding hydrogens is 390 g/mol. The van der Waals surface area contributed by atoms with E-state index in [-0.39, 0.29) is 11.6 Å². The molecule has 0 unspecified atom stereocenters. The number of nitrogens with two attached hydrogens (primary N) is 1. The van der Waals surface area contributed by atoms with Gasteiger partial charge in [-0.15, -0.1) is 0 Å². The summed E-state index contributed by atoms with van der Waals surface area (Å²) in [6, 6.07) is 11.9. The quantitative estimate of drug-likeness (QED) is 0.407. The highest BCUT2D eigenvalue weighted by Crippen LogP contribution is 2.30. The van der Waals surface area contributed by atoms with Crippen LogP contribution in [-0.4, -0.2) is 44.1 Å². The minimum Gasteiger partial charge on any atom is -0.384 e. The molecule has 1 aliphatic heterocycles. The van der Waals surface area contributed by atoms with Crippen molar-refractivity contribution in [2.24, 2.45) is 0 Å². The second-order valence-electron chi connectivity index (χ2n) is 7.85. The number of hydrogen-bond donors (Lipinski definition) is 1. The van der Waals surface area contributed by atoms with Crippen molar-refractivity contribution in [1.29, 1.82) is 5.26 Å². The summed E-state index contributed by atoms with van der Waals surface area (Å²) < 4.78 is 1.85. The van der Waals surface area contributed by atoms with Crippen LogP contribution in [0, 0.1) is 11.3 Å². The lowest BCUT2D eigenvalue weighted by Crippen LogP contribution is -2.40. The minimum atomic E-state index is -0.136. The first-order valence-electron chi connectivity index (χ1n) is 10.3. The van der Waals surface area contributed by atoms with Crippen molar-refractivity contribution in [2.45, 2.75) is 18.9 Å². The Hall–Kier alpha value is -3.83. The summed E-state index contributed by atoms with van der Waals surface area (Å²) in [5.41, 5.74) is 9.75. The second-order valence-corrected chi connectivity index (χ2v) is 7.85. The first-order chi connectivity index (χ1) is 15.1. The third-order valence-electron chi connectivity index (χ3n) is 5.87. The standard InChI is InChI=1S/C23H21N7O/c24-7-9-29-8-1-2-17(14-29)30-22(31)13-27-20-12-26-19-5-3-15(10-18(19)23(20)30)16-4-6-21(25)28-11-16/h3-6,10-13,17H,1-2,8-9,14H2,(H2,25,28)/t17-/m0/s1. The molecule has 2 N–H and O–H groups in total. The lowest BCUT2D eigenvalue weighted by atomic mass is 10.0. The molecule has 5 rings (SSSR count). The number of likely N-dealkylation sites (tertiary alicyclic amines) is 1. The normalized spacial score (nSPS) is 17.1. The van der Waals surface area contributed by atoms with Crippen molar-refractivity contribution >= 4 is 27.8 Å². The van der Waals surface area contributed by atoms with E-state index in [1.165, 1.54) is 6.20 Å². The van der Waals surface area contributed by atoms with Gasteiger partial charge in [0.2, 0.25) is 0 Å². The van der Waals surface area contributed by atoms with Gasteiger partial charge >= 0.3 is 0 Å². The Balaban J connectivity index is 1.72. The highest BCUT2D eigenvalue weighted by molar-refractivity contribution is 6.03. The Kier molecular flexibility index (Phi) is 4.81. The fraction of sp³-hybridized carbons (Fsp3) is 0.261. The molecule has 1 aromatic carbocycles. The number of rotatable bonds is 3. The van der Waals surface area contributed by atoms with Gasteiger partial charge in [-0.25, -0.2) is 9.97 Å². The maximum Gasteiger partial charge on any atom is 0.269 e. The predicted molar refractivity (Wildman–Crippen MR) is 119 cm³/mol. The second kappa shape index (κ2) is 7.78. The Morgan fingerprint density at radius 3 is 2.71 bits per heavy atom. The first-order valence-corrected chi connectivity index (χ1v) is 10.3. The fourth-order valence-corrected chi connectivity index (χ4v) is 4.42. The topological polar surface area (TPSA) is 114 Å². The van der Waals surface area contributed by atoms with Crippen LogP contribution in [0.3, 0.4) is 0 Å². The van der Waals surface area contributed by atoms with Gasteiger partial charge in [0.05, 0.1) is 42.1 Å². The van der Waals surface area contributed by atoms with Crippen molar-refractivity contribution in [3.05, 3.63) is 59.3 Å². The lowest BCUT2D eigenvalue weighted by Gasteiger charge is -2.32. The molecule has 31 heavy (non-hydrogen) atoms. The average molecular weight is 411 g/mol. The van der Waals surface area contributed by atoms with E-state index in [9.17, 15) is 4.79 Å². The number of anilines is 1. The molecule has 1 saturated heterocycles. The van der Waals surface area contributed by atoms with E-state index in [1.54, 1.807) is 18.5 Å². The van der Waals surface area contributed by atoms with Crippen molar-refractivity contribution in [2.75, 3.05) is 25.4 Å². The Bertz CT molecular complexity index is 1370. The van der Waals surface area contributed by atoms with Crippen LogP contribution in [0.2, 0.25) is 0 Å². The van der Waals surface area contributed by atoms with Crippen molar-refractivity contribution in [1.82, 2.24) is 24.4 Å². The zero-order chi connectivity index (χ0) is 21.4. The lowest BCUT2D eigenvalue weighted by molar-refractivity contribution is 0.196. The molecule has 0 spiro atoms. The van der Waals surface area contributed by atoms with Crippen molar-refractivity contribution < 1.29 is 0 Å². The number of benzene rings is 1. The third-order valence-corrected chi connectivity index (χ3v) is 5.87. The zero-order valence-corrected chi connectivity index (χ0v) is 16.9. The number of fused-ring (bicyclic) bond motifs is 3. The van der Waals surface area contributed by atoms with Crippen LogP contribution in [0.25, 0.3) is 33.1 Å². The van der Waals surface area contributed by atoms with Gasteiger partial charge in [0.25, 0.3) is 5.56 Å². The van der Waals surface area contributed by atoms with E-state index in [4.69, 9.17) is 11.0 Å².